The summed E-state index contributed by atoms with van der Waals surface area (Å²) in [4.78, 5) is 9.09. The van der Waals surface area contributed by atoms with Gasteiger partial charge in [-0.2, -0.15) is 4.98 Å². The monoisotopic (exact) mass is 329 g/mol. The lowest BCUT2D eigenvalue weighted by Gasteiger charge is -2.12. The van der Waals surface area contributed by atoms with Crippen LogP contribution in [0.5, 0.6) is 5.88 Å². The van der Waals surface area contributed by atoms with Gasteiger partial charge in [0.1, 0.15) is 17.0 Å². The molecule has 0 aliphatic heterocycles. The van der Waals surface area contributed by atoms with E-state index in [2.05, 4.69) is 9.97 Å². The molecule has 0 aliphatic rings. The third kappa shape index (κ3) is 3.69. The van der Waals surface area contributed by atoms with Gasteiger partial charge in [-0.1, -0.05) is 35.0 Å². The highest BCUT2D eigenvalue weighted by Gasteiger charge is 2.12. The fourth-order valence-electron chi connectivity index (χ4n) is 1.41. The normalized spacial score (nSPS) is 10.8. The van der Waals surface area contributed by atoms with E-state index in [0.717, 1.165) is 4.90 Å². The van der Waals surface area contributed by atoms with E-state index in [1.54, 1.807) is 12.1 Å². The van der Waals surface area contributed by atoms with E-state index < -0.39 is 0 Å². The molecular weight excluding hydrogens is 317 g/mol. The van der Waals surface area contributed by atoms with Crippen LogP contribution in [0.2, 0.25) is 10.0 Å². The standard InChI is InChI=1S/C13H13Cl2N3OS/c1-7(2)19-12-11(16)13(18-6-17-12)20-8-3-4-9(14)10(15)5-8/h3-7H,16H2,1-2H3. The minimum atomic E-state index is -0.00461. The number of hydrogen-bond donors (Lipinski definition) is 1. The molecule has 7 heteroatoms. The molecule has 0 aliphatic carbocycles. The topological polar surface area (TPSA) is 61.0 Å². The molecule has 0 radical (unpaired) electrons. The Morgan fingerprint density at radius 1 is 1.20 bits per heavy atom. The van der Waals surface area contributed by atoms with E-state index in [-0.39, 0.29) is 6.10 Å². The first kappa shape index (κ1) is 15.2. The summed E-state index contributed by atoms with van der Waals surface area (Å²) in [6.45, 7) is 3.82. The molecule has 2 N–H and O–H groups in total. The number of anilines is 1. The number of nitrogen functional groups attached to an aromatic ring is 1. The van der Waals surface area contributed by atoms with E-state index in [9.17, 15) is 0 Å². The number of ether oxygens (including phenoxy) is 1. The Labute approximate surface area is 131 Å². The van der Waals surface area contributed by atoms with Crippen LogP contribution in [0.1, 0.15) is 13.8 Å². The molecule has 2 aromatic rings. The lowest BCUT2D eigenvalue weighted by Crippen LogP contribution is -2.09. The highest BCUT2D eigenvalue weighted by Crippen LogP contribution is 2.36. The molecule has 2 rings (SSSR count). The Balaban J connectivity index is 2.27. The van der Waals surface area contributed by atoms with E-state index in [4.69, 9.17) is 33.7 Å². The molecule has 0 saturated carbocycles. The van der Waals surface area contributed by atoms with Crippen LogP contribution in [0.25, 0.3) is 0 Å². The Bertz CT molecular complexity index is 623. The average molecular weight is 330 g/mol. The van der Waals surface area contributed by atoms with Gasteiger partial charge in [0.25, 0.3) is 0 Å². The summed E-state index contributed by atoms with van der Waals surface area (Å²) in [6.07, 6.45) is 1.42. The third-order valence-electron chi connectivity index (χ3n) is 2.26. The second kappa shape index (κ2) is 6.52. The van der Waals surface area contributed by atoms with Crippen LogP contribution in [0.4, 0.5) is 5.69 Å². The summed E-state index contributed by atoms with van der Waals surface area (Å²) < 4.78 is 5.53. The molecule has 0 amide bonds. The van der Waals surface area contributed by atoms with Gasteiger partial charge in [0.15, 0.2) is 0 Å². The maximum atomic E-state index is 6.02. The number of halogens is 2. The molecule has 0 unspecified atom stereocenters. The minimum Gasteiger partial charge on any atom is -0.473 e. The highest BCUT2D eigenvalue weighted by atomic mass is 35.5. The summed E-state index contributed by atoms with van der Waals surface area (Å²) in [6, 6.07) is 5.34. The first-order chi connectivity index (χ1) is 9.47. The molecule has 0 spiro atoms. The van der Waals surface area contributed by atoms with Crippen LogP contribution in [0.3, 0.4) is 0 Å². The van der Waals surface area contributed by atoms with Gasteiger partial charge in [0.05, 0.1) is 16.1 Å². The van der Waals surface area contributed by atoms with Crippen molar-refractivity contribution in [3.05, 3.63) is 34.6 Å². The molecule has 20 heavy (non-hydrogen) atoms. The van der Waals surface area contributed by atoms with Crippen molar-refractivity contribution in [3.63, 3.8) is 0 Å². The summed E-state index contributed by atoms with van der Waals surface area (Å²) in [5, 5.41) is 1.62. The van der Waals surface area contributed by atoms with Gasteiger partial charge in [-0.3, -0.25) is 0 Å². The number of rotatable bonds is 4. The molecule has 1 heterocycles. The summed E-state index contributed by atoms with van der Waals surface area (Å²) in [5.74, 6) is 0.387. The van der Waals surface area contributed by atoms with Crippen molar-refractivity contribution < 1.29 is 4.74 Å². The molecule has 106 valence electrons. The number of aromatic nitrogens is 2. The van der Waals surface area contributed by atoms with Gasteiger partial charge in [-0.05, 0) is 32.0 Å². The second-order valence-corrected chi connectivity index (χ2v) is 6.12. The zero-order valence-electron chi connectivity index (χ0n) is 10.9. The zero-order chi connectivity index (χ0) is 14.7. The van der Waals surface area contributed by atoms with E-state index in [0.29, 0.717) is 26.6 Å². The van der Waals surface area contributed by atoms with Crippen LogP contribution >= 0.6 is 35.0 Å². The lowest BCUT2D eigenvalue weighted by molar-refractivity contribution is 0.233. The Morgan fingerprint density at radius 2 is 1.95 bits per heavy atom. The van der Waals surface area contributed by atoms with Crippen LogP contribution in [-0.2, 0) is 0 Å². The molecule has 0 fully saturated rings. The van der Waals surface area contributed by atoms with Crippen molar-refractivity contribution in [1.82, 2.24) is 9.97 Å². The first-order valence-corrected chi connectivity index (χ1v) is 7.44. The molecule has 0 saturated heterocycles. The largest absolute Gasteiger partial charge is 0.473 e. The van der Waals surface area contributed by atoms with E-state index in [1.807, 2.05) is 19.9 Å². The predicted molar refractivity (Wildman–Crippen MR) is 82.8 cm³/mol. The number of nitrogens with two attached hydrogens (primary N) is 1. The predicted octanol–water partition coefficient (Wildman–Crippen LogP) is 4.30. The Hall–Kier alpha value is -1.17. The fourth-order valence-corrected chi connectivity index (χ4v) is 2.61. The smallest absolute Gasteiger partial charge is 0.241 e. The maximum Gasteiger partial charge on any atom is 0.241 e. The Kier molecular flexibility index (Phi) is 4.96. The number of nitrogens with zero attached hydrogens (tertiary/aromatic N) is 2. The third-order valence-corrected chi connectivity index (χ3v) is 4.01. The van der Waals surface area contributed by atoms with Crippen molar-refractivity contribution in [2.75, 3.05) is 5.73 Å². The zero-order valence-corrected chi connectivity index (χ0v) is 13.3. The van der Waals surface area contributed by atoms with Gasteiger partial charge in [0.2, 0.25) is 5.88 Å². The van der Waals surface area contributed by atoms with Crippen molar-refractivity contribution in [2.24, 2.45) is 0 Å². The van der Waals surface area contributed by atoms with Gasteiger partial charge in [-0.15, -0.1) is 0 Å². The summed E-state index contributed by atoms with van der Waals surface area (Å²) >= 11 is 13.3. The van der Waals surface area contributed by atoms with Crippen LogP contribution < -0.4 is 10.5 Å². The average Bonchev–Trinajstić information content (AvgIpc) is 2.38. The van der Waals surface area contributed by atoms with E-state index in [1.165, 1.54) is 18.1 Å². The molecular formula is C13H13Cl2N3OS. The lowest BCUT2D eigenvalue weighted by atomic mass is 10.4. The molecule has 4 nitrogen and oxygen atoms in total. The SMILES string of the molecule is CC(C)Oc1ncnc(Sc2ccc(Cl)c(Cl)c2)c1N. The molecule has 0 bridgehead atoms. The fraction of sp³-hybridized carbons (Fsp3) is 0.231. The summed E-state index contributed by atoms with van der Waals surface area (Å²) in [5.41, 5.74) is 6.43. The van der Waals surface area contributed by atoms with Crippen molar-refractivity contribution in [2.45, 2.75) is 29.9 Å². The van der Waals surface area contributed by atoms with Crippen LogP contribution in [0.15, 0.2) is 34.4 Å². The van der Waals surface area contributed by atoms with Gasteiger partial charge < -0.3 is 10.5 Å². The van der Waals surface area contributed by atoms with Crippen LogP contribution in [-0.4, -0.2) is 16.1 Å². The second-order valence-electron chi connectivity index (χ2n) is 4.24. The Morgan fingerprint density at radius 3 is 2.60 bits per heavy atom. The van der Waals surface area contributed by atoms with E-state index >= 15 is 0 Å². The number of benzene rings is 1. The molecule has 1 aromatic carbocycles. The minimum absolute atomic E-state index is 0.00461. The van der Waals surface area contributed by atoms with Crippen molar-refractivity contribution in [1.29, 1.82) is 0 Å². The van der Waals surface area contributed by atoms with Crippen molar-refractivity contribution in [3.8, 4) is 5.88 Å². The first-order valence-electron chi connectivity index (χ1n) is 5.87. The van der Waals surface area contributed by atoms with Gasteiger partial charge in [0, 0.05) is 4.90 Å². The maximum absolute atomic E-state index is 6.02. The van der Waals surface area contributed by atoms with Gasteiger partial charge >= 0.3 is 0 Å². The highest BCUT2D eigenvalue weighted by molar-refractivity contribution is 7.99. The quantitative estimate of drug-likeness (QED) is 0.847. The summed E-state index contributed by atoms with van der Waals surface area (Å²) in [7, 11) is 0. The molecule has 0 atom stereocenters. The van der Waals surface area contributed by atoms with Crippen molar-refractivity contribution >= 4 is 40.7 Å². The number of hydrogen-bond acceptors (Lipinski definition) is 5. The molecule has 1 aromatic heterocycles. The van der Waals surface area contributed by atoms with Gasteiger partial charge in [-0.25, -0.2) is 4.98 Å². The van der Waals surface area contributed by atoms with Crippen LogP contribution in [0, 0.1) is 0 Å².